The van der Waals surface area contributed by atoms with E-state index in [0.29, 0.717) is 18.4 Å². The Morgan fingerprint density at radius 2 is 2.25 bits per heavy atom. The summed E-state index contributed by atoms with van der Waals surface area (Å²) < 4.78 is 0. The first-order valence-electron chi connectivity index (χ1n) is 7.08. The summed E-state index contributed by atoms with van der Waals surface area (Å²) in [5.74, 6) is 3.11. The van der Waals surface area contributed by atoms with E-state index in [2.05, 4.69) is 22.5 Å². The SMILES string of the molecule is CCN1CCC(CNC(=O)CC2CSCCN2)C1.Cl.Cl. The molecule has 1 amide bonds. The Hall–Kier alpha value is 0.320. The predicted molar refractivity (Wildman–Crippen MR) is 91.5 cm³/mol. The molecule has 0 aliphatic carbocycles. The number of nitrogens with one attached hydrogen (secondary N) is 2. The lowest BCUT2D eigenvalue weighted by Gasteiger charge is -2.22. The van der Waals surface area contributed by atoms with Crippen LogP contribution < -0.4 is 10.6 Å². The van der Waals surface area contributed by atoms with Crippen molar-refractivity contribution in [2.45, 2.75) is 25.8 Å². The Kier molecular flexibility index (Phi) is 11.1. The maximum atomic E-state index is 11.8. The number of hydrogen-bond acceptors (Lipinski definition) is 4. The summed E-state index contributed by atoms with van der Waals surface area (Å²) in [6, 6.07) is 0.375. The van der Waals surface area contributed by atoms with Crippen LogP contribution in [0.3, 0.4) is 0 Å². The smallest absolute Gasteiger partial charge is 0.221 e. The van der Waals surface area contributed by atoms with Crippen molar-refractivity contribution in [3.05, 3.63) is 0 Å². The first-order valence-corrected chi connectivity index (χ1v) is 8.23. The van der Waals surface area contributed by atoms with Gasteiger partial charge in [-0.15, -0.1) is 24.8 Å². The van der Waals surface area contributed by atoms with E-state index in [1.807, 2.05) is 11.8 Å². The van der Waals surface area contributed by atoms with Crippen molar-refractivity contribution in [2.75, 3.05) is 44.2 Å². The van der Waals surface area contributed by atoms with Crippen molar-refractivity contribution < 1.29 is 4.79 Å². The van der Waals surface area contributed by atoms with Crippen LogP contribution >= 0.6 is 36.6 Å². The maximum Gasteiger partial charge on any atom is 0.221 e. The zero-order valence-corrected chi connectivity index (χ0v) is 14.5. The molecule has 2 fully saturated rings. The number of amides is 1. The van der Waals surface area contributed by atoms with E-state index >= 15 is 0 Å². The molecule has 2 aliphatic rings. The molecule has 0 spiro atoms. The molecule has 2 N–H and O–H groups in total. The number of hydrogen-bond donors (Lipinski definition) is 2. The highest BCUT2D eigenvalue weighted by atomic mass is 35.5. The molecule has 2 rings (SSSR count). The average molecular weight is 344 g/mol. The fraction of sp³-hybridized carbons (Fsp3) is 0.923. The number of nitrogens with zero attached hydrogens (tertiary/aromatic N) is 1. The van der Waals surface area contributed by atoms with Gasteiger partial charge in [0, 0.05) is 43.6 Å². The molecule has 0 aromatic carbocycles. The highest BCUT2D eigenvalue weighted by molar-refractivity contribution is 7.99. The van der Waals surface area contributed by atoms with Gasteiger partial charge in [0.05, 0.1) is 0 Å². The van der Waals surface area contributed by atoms with Crippen LogP contribution in [0.2, 0.25) is 0 Å². The molecule has 0 bridgehead atoms. The van der Waals surface area contributed by atoms with Gasteiger partial charge in [0.2, 0.25) is 5.91 Å². The van der Waals surface area contributed by atoms with Gasteiger partial charge < -0.3 is 15.5 Å². The Morgan fingerprint density at radius 3 is 2.85 bits per heavy atom. The highest BCUT2D eigenvalue weighted by Crippen LogP contribution is 2.15. The summed E-state index contributed by atoms with van der Waals surface area (Å²) in [6.45, 7) is 7.57. The maximum absolute atomic E-state index is 11.8. The molecule has 120 valence electrons. The third kappa shape index (κ3) is 6.85. The number of thioether (sulfide) groups is 1. The molecule has 0 radical (unpaired) electrons. The topological polar surface area (TPSA) is 44.4 Å². The van der Waals surface area contributed by atoms with Crippen LogP contribution in [0.1, 0.15) is 19.8 Å². The summed E-state index contributed by atoms with van der Waals surface area (Å²) in [4.78, 5) is 14.3. The van der Waals surface area contributed by atoms with Gasteiger partial charge >= 0.3 is 0 Å². The van der Waals surface area contributed by atoms with Gasteiger partial charge in [0.15, 0.2) is 0 Å². The first-order chi connectivity index (χ1) is 8.78. The zero-order chi connectivity index (χ0) is 12.8. The molecule has 0 aromatic heterocycles. The standard InChI is InChI=1S/C13H25N3OS.2ClH/c1-2-16-5-3-11(9-16)8-15-13(17)7-12-10-18-6-4-14-12;;/h11-12,14H,2-10H2,1H3,(H,15,17);2*1H. The summed E-state index contributed by atoms with van der Waals surface area (Å²) in [6.07, 6.45) is 1.86. The van der Waals surface area contributed by atoms with Crippen LogP contribution in [0.15, 0.2) is 0 Å². The normalized spacial score (nSPS) is 26.4. The van der Waals surface area contributed by atoms with E-state index in [4.69, 9.17) is 0 Å². The van der Waals surface area contributed by atoms with Crippen LogP contribution in [-0.4, -0.2) is 61.1 Å². The van der Waals surface area contributed by atoms with Gasteiger partial charge in [-0.2, -0.15) is 11.8 Å². The number of halogens is 2. The van der Waals surface area contributed by atoms with Crippen molar-refractivity contribution >= 4 is 42.5 Å². The van der Waals surface area contributed by atoms with E-state index in [1.165, 1.54) is 18.7 Å². The molecule has 7 heteroatoms. The van der Waals surface area contributed by atoms with E-state index in [-0.39, 0.29) is 30.7 Å². The zero-order valence-electron chi connectivity index (χ0n) is 12.1. The molecule has 0 saturated carbocycles. The minimum absolute atomic E-state index is 0. The summed E-state index contributed by atoms with van der Waals surface area (Å²) in [5, 5.41) is 6.51. The van der Waals surface area contributed by atoms with Crippen molar-refractivity contribution in [1.29, 1.82) is 0 Å². The first kappa shape index (κ1) is 20.3. The van der Waals surface area contributed by atoms with Crippen LogP contribution in [0, 0.1) is 5.92 Å². The quantitative estimate of drug-likeness (QED) is 0.791. The Morgan fingerprint density at radius 1 is 1.45 bits per heavy atom. The average Bonchev–Trinajstić information content (AvgIpc) is 2.85. The van der Waals surface area contributed by atoms with Crippen molar-refractivity contribution in [2.24, 2.45) is 5.92 Å². The molecule has 4 nitrogen and oxygen atoms in total. The van der Waals surface area contributed by atoms with Crippen LogP contribution in [0.25, 0.3) is 0 Å². The van der Waals surface area contributed by atoms with Crippen molar-refractivity contribution in [3.63, 3.8) is 0 Å². The number of likely N-dealkylation sites (tertiary alicyclic amines) is 1. The van der Waals surface area contributed by atoms with E-state index < -0.39 is 0 Å². The lowest BCUT2D eigenvalue weighted by Crippen LogP contribution is -2.42. The Balaban J connectivity index is 0.00000180. The summed E-state index contributed by atoms with van der Waals surface area (Å²) in [7, 11) is 0. The minimum atomic E-state index is 0. The predicted octanol–water partition coefficient (Wildman–Crippen LogP) is 1.38. The van der Waals surface area contributed by atoms with Crippen LogP contribution in [0.5, 0.6) is 0 Å². The second-order valence-corrected chi connectivity index (χ2v) is 6.43. The Bertz CT molecular complexity index is 278. The van der Waals surface area contributed by atoms with Crippen LogP contribution in [-0.2, 0) is 4.79 Å². The van der Waals surface area contributed by atoms with E-state index in [9.17, 15) is 4.79 Å². The largest absolute Gasteiger partial charge is 0.356 e. The third-order valence-electron chi connectivity index (χ3n) is 3.84. The van der Waals surface area contributed by atoms with Gasteiger partial charge in [-0.3, -0.25) is 4.79 Å². The molecular formula is C13H27Cl2N3OS. The van der Waals surface area contributed by atoms with Crippen LogP contribution in [0.4, 0.5) is 0 Å². The van der Waals surface area contributed by atoms with Gasteiger partial charge in [-0.05, 0) is 25.4 Å². The second-order valence-electron chi connectivity index (χ2n) is 5.28. The van der Waals surface area contributed by atoms with Crippen molar-refractivity contribution in [3.8, 4) is 0 Å². The second kappa shape index (κ2) is 11.0. The number of carbonyl (C=O) groups excluding carboxylic acids is 1. The summed E-state index contributed by atoms with van der Waals surface area (Å²) in [5.41, 5.74) is 0. The summed E-state index contributed by atoms with van der Waals surface area (Å²) >= 11 is 1.94. The van der Waals surface area contributed by atoms with Gasteiger partial charge in [0.25, 0.3) is 0 Å². The molecule has 20 heavy (non-hydrogen) atoms. The number of rotatable bonds is 5. The fourth-order valence-electron chi connectivity index (χ4n) is 2.67. The van der Waals surface area contributed by atoms with Gasteiger partial charge in [0.1, 0.15) is 0 Å². The fourth-order valence-corrected chi connectivity index (χ4v) is 3.62. The third-order valence-corrected chi connectivity index (χ3v) is 4.97. The molecule has 2 unspecified atom stereocenters. The molecule has 2 saturated heterocycles. The van der Waals surface area contributed by atoms with E-state index in [0.717, 1.165) is 31.9 Å². The van der Waals surface area contributed by atoms with Gasteiger partial charge in [-0.25, -0.2) is 0 Å². The lowest BCUT2D eigenvalue weighted by atomic mass is 10.1. The lowest BCUT2D eigenvalue weighted by molar-refractivity contribution is -0.121. The number of carbonyl (C=O) groups is 1. The minimum Gasteiger partial charge on any atom is -0.356 e. The molecule has 0 aromatic rings. The molecule has 2 atom stereocenters. The monoisotopic (exact) mass is 343 g/mol. The Labute approximate surface area is 139 Å². The van der Waals surface area contributed by atoms with Crippen molar-refractivity contribution in [1.82, 2.24) is 15.5 Å². The highest BCUT2D eigenvalue weighted by Gasteiger charge is 2.22. The van der Waals surface area contributed by atoms with E-state index in [1.54, 1.807) is 0 Å². The molecular weight excluding hydrogens is 317 g/mol. The van der Waals surface area contributed by atoms with Gasteiger partial charge in [-0.1, -0.05) is 6.92 Å². The molecule has 2 aliphatic heterocycles. The molecule has 2 heterocycles.